The fourth-order valence-electron chi connectivity index (χ4n) is 6.38. The van der Waals surface area contributed by atoms with Gasteiger partial charge < -0.3 is 13.8 Å². The third-order valence-corrected chi connectivity index (χ3v) is 12.1. The van der Waals surface area contributed by atoms with Gasteiger partial charge in [-0.1, -0.05) is 72.8 Å². The molecule has 43 heavy (non-hydrogen) atoms. The van der Waals surface area contributed by atoms with Crippen molar-refractivity contribution in [3.63, 3.8) is 0 Å². The molecule has 220 valence electrons. The molecule has 0 saturated heterocycles. The van der Waals surface area contributed by atoms with Crippen LogP contribution in [0.25, 0.3) is 22.3 Å². The van der Waals surface area contributed by atoms with E-state index >= 15 is 0 Å². The molecule has 6 rings (SSSR count). The molecule has 9 heteroatoms. The molecule has 0 N–H and O–H groups in total. The molecule has 1 saturated carbocycles. The van der Waals surface area contributed by atoms with Crippen molar-refractivity contribution >= 4 is 70.3 Å². The van der Waals surface area contributed by atoms with Gasteiger partial charge in [-0.3, -0.25) is 9.59 Å². The molecule has 0 bridgehead atoms. The van der Waals surface area contributed by atoms with Crippen LogP contribution in [-0.2, 0) is 22.9 Å². The van der Waals surface area contributed by atoms with Crippen LogP contribution in [0, 0.1) is 0 Å². The van der Waals surface area contributed by atoms with Crippen molar-refractivity contribution in [2.45, 2.75) is 44.4 Å². The van der Waals surface area contributed by atoms with E-state index in [1.165, 1.54) is 11.7 Å². The third-order valence-electron chi connectivity index (χ3n) is 8.23. The summed E-state index contributed by atoms with van der Waals surface area (Å²) >= 11 is 6.27. The van der Waals surface area contributed by atoms with Gasteiger partial charge in [0.25, 0.3) is 5.91 Å². The Kier molecular flexibility index (Phi) is 9.79. The lowest BCUT2D eigenvalue weighted by Gasteiger charge is -2.40. The van der Waals surface area contributed by atoms with Crippen LogP contribution in [-0.4, -0.2) is 24.1 Å². The lowest BCUT2D eigenvalue weighted by Crippen LogP contribution is -2.36. The zero-order valence-electron chi connectivity index (χ0n) is 23.6. The van der Waals surface area contributed by atoms with Crippen molar-refractivity contribution in [1.82, 2.24) is 4.90 Å². The van der Waals surface area contributed by atoms with Crippen LogP contribution in [0.5, 0.6) is 5.75 Å². The molecule has 1 heterocycles. The van der Waals surface area contributed by atoms with E-state index in [-0.39, 0.29) is 8.32 Å². The first-order chi connectivity index (χ1) is 20.9. The zero-order chi connectivity index (χ0) is 30.0. The van der Waals surface area contributed by atoms with E-state index in [0.29, 0.717) is 24.3 Å². The Balaban J connectivity index is 1.53. The van der Waals surface area contributed by atoms with Gasteiger partial charge in [0.2, 0.25) is 0 Å². The number of hydrogen-bond donors (Lipinski definition) is 0. The summed E-state index contributed by atoms with van der Waals surface area (Å²) in [4.78, 5) is 29.3. The molecule has 1 aliphatic carbocycles. The minimum absolute atomic E-state index is 0.179. The third kappa shape index (κ3) is 6.41. The van der Waals surface area contributed by atoms with Gasteiger partial charge in [0.05, 0.1) is 12.2 Å². The molecule has 1 aliphatic heterocycles. The van der Waals surface area contributed by atoms with Crippen LogP contribution in [0.4, 0.5) is 0 Å². The Hall–Kier alpha value is -1.98. The number of halogens is 2. The highest BCUT2D eigenvalue weighted by Gasteiger charge is 2.46. The zero-order valence-corrected chi connectivity index (χ0v) is 29.6. The molecule has 0 unspecified atom stereocenters. The molecule has 4 aromatic rings. The second kappa shape index (κ2) is 13.6. The topological polar surface area (TPSA) is 55.8 Å². The molecule has 2 aliphatic rings. The number of aldehydes is 1. The smallest absolute Gasteiger partial charge is 0.255 e. The number of nitrogens with zero attached hydrogens (tertiary/aromatic N) is 1. The van der Waals surface area contributed by atoms with Gasteiger partial charge in [0.15, 0.2) is 6.29 Å². The van der Waals surface area contributed by atoms with E-state index < -0.39 is 5.60 Å². The van der Waals surface area contributed by atoms with Crippen LogP contribution >= 0.6 is 58.2 Å². The monoisotopic (exact) mass is 833 g/mol. The standard InChI is InChI=1S/C34H30I2NO4PS/c1-37(20-23-10-4-2-5-11-23)33(39)31-27(25-12-6-3-7-13-25)19-28-26-15-14-24(22-40-43-42(35)36)18-30(26)41-34(16-8-9-17-34)32(28)29(31)21-38/h2-7,10-15,18-19,21H,8-9,16-17,20,22H2,1H3. The number of carbonyl (C=O) groups is 2. The van der Waals surface area contributed by atoms with Crippen molar-refractivity contribution in [2.24, 2.45) is 0 Å². The molecule has 4 aromatic carbocycles. The molecule has 0 aromatic heterocycles. The van der Waals surface area contributed by atoms with Crippen LogP contribution in [0.2, 0.25) is 0 Å². The summed E-state index contributed by atoms with van der Waals surface area (Å²) in [5.41, 5.74) is 6.70. The van der Waals surface area contributed by atoms with Crippen molar-refractivity contribution in [3.05, 3.63) is 113 Å². The van der Waals surface area contributed by atoms with Crippen molar-refractivity contribution in [2.75, 3.05) is 7.05 Å². The highest BCUT2D eigenvalue weighted by Crippen LogP contribution is 2.65. The Bertz CT molecular complexity index is 1650. The summed E-state index contributed by atoms with van der Waals surface area (Å²) < 4.78 is 12.5. The minimum Gasteiger partial charge on any atom is -0.482 e. The van der Waals surface area contributed by atoms with Gasteiger partial charge in [-0.2, -0.15) is 0 Å². The number of hydrogen-bond acceptors (Lipinski definition) is 5. The second-order valence-corrected chi connectivity index (χ2v) is 28.5. The lowest BCUT2D eigenvalue weighted by molar-refractivity contribution is 0.0688. The number of amides is 1. The summed E-state index contributed by atoms with van der Waals surface area (Å²) in [7, 11) is 1.80. The molecular formula is C34H30I2NO4PS. The summed E-state index contributed by atoms with van der Waals surface area (Å²) in [6.45, 7) is 0.927. The van der Waals surface area contributed by atoms with E-state index in [1.54, 1.807) is 11.9 Å². The number of carbonyl (C=O) groups excluding carboxylic acids is 2. The molecule has 0 radical (unpaired) electrons. The Labute approximate surface area is 283 Å². The average molecular weight is 833 g/mol. The predicted octanol–water partition coefficient (Wildman–Crippen LogP) is 10.5. The fourth-order valence-corrected chi connectivity index (χ4v) is 9.09. The highest BCUT2D eigenvalue weighted by atomic mass is 127. The SMILES string of the molecule is CN(Cc1ccccc1)C(=O)c1c(-c2ccccc2)cc2c(c1C=O)C1(CCCC1)Oc1cc(COSP(I)I)ccc1-2. The van der Waals surface area contributed by atoms with E-state index in [2.05, 4.69) is 68.3 Å². The van der Waals surface area contributed by atoms with Crippen molar-refractivity contribution in [1.29, 1.82) is 0 Å². The molecule has 1 fully saturated rings. The largest absolute Gasteiger partial charge is 0.482 e. The van der Waals surface area contributed by atoms with Crippen molar-refractivity contribution in [3.8, 4) is 28.0 Å². The quantitative estimate of drug-likeness (QED) is 0.0728. The highest BCUT2D eigenvalue weighted by molar-refractivity contribution is 14.3. The Morgan fingerprint density at radius 1 is 0.953 bits per heavy atom. The number of rotatable bonds is 9. The Morgan fingerprint density at radius 2 is 1.65 bits per heavy atom. The molecule has 1 spiro atoms. The van der Waals surface area contributed by atoms with Gasteiger partial charge in [0.1, 0.15) is 13.8 Å². The molecular weight excluding hydrogens is 803 g/mol. The van der Waals surface area contributed by atoms with Crippen molar-refractivity contribution < 1.29 is 18.5 Å². The average Bonchev–Trinajstić information content (AvgIpc) is 3.48. The summed E-state index contributed by atoms with van der Waals surface area (Å²) in [5, 5.41) is 0. The van der Waals surface area contributed by atoms with Crippen LogP contribution in [0.15, 0.2) is 84.9 Å². The lowest BCUT2D eigenvalue weighted by atomic mass is 9.76. The molecule has 5 nitrogen and oxygen atoms in total. The van der Waals surface area contributed by atoms with E-state index in [4.69, 9.17) is 8.92 Å². The van der Waals surface area contributed by atoms with E-state index in [0.717, 1.165) is 76.7 Å². The van der Waals surface area contributed by atoms with Gasteiger partial charge in [-0.25, -0.2) is 0 Å². The summed E-state index contributed by atoms with van der Waals surface area (Å²) in [6, 6.07) is 28.2. The first-order valence-electron chi connectivity index (χ1n) is 14.2. The van der Waals surface area contributed by atoms with E-state index in [9.17, 15) is 9.59 Å². The van der Waals surface area contributed by atoms with Crippen LogP contribution in [0.1, 0.15) is 63.1 Å². The Morgan fingerprint density at radius 3 is 2.33 bits per heavy atom. The molecule has 0 atom stereocenters. The maximum absolute atomic E-state index is 14.4. The predicted molar refractivity (Wildman–Crippen MR) is 193 cm³/mol. The summed E-state index contributed by atoms with van der Waals surface area (Å²) in [5.74, 6) is 0.630. The first kappa shape index (κ1) is 31.0. The van der Waals surface area contributed by atoms with Crippen LogP contribution in [0.3, 0.4) is 0 Å². The minimum atomic E-state index is -0.659. The molecule has 1 amide bonds. The number of ether oxygens (including phenoxy) is 1. The van der Waals surface area contributed by atoms with E-state index in [1.807, 2.05) is 60.7 Å². The van der Waals surface area contributed by atoms with Gasteiger partial charge >= 0.3 is 0 Å². The van der Waals surface area contributed by atoms with Gasteiger partial charge in [0, 0.05) is 41.9 Å². The normalized spacial score (nSPS) is 14.7. The number of benzene rings is 4. The fraction of sp³-hybridized carbons (Fsp3) is 0.235. The first-order valence-corrected chi connectivity index (χ1v) is 22.4. The van der Waals surface area contributed by atoms with Gasteiger partial charge in [-0.05, 0) is 110 Å². The maximum Gasteiger partial charge on any atom is 0.255 e. The maximum atomic E-state index is 14.4. The number of fused-ring (bicyclic) bond motifs is 4. The second-order valence-electron chi connectivity index (χ2n) is 10.9. The summed E-state index contributed by atoms with van der Waals surface area (Å²) in [6.07, 6.45) is 4.47. The van der Waals surface area contributed by atoms with Gasteiger partial charge in [-0.15, -0.1) is 0 Å². The van der Waals surface area contributed by atoms with Crippen LogP contribution < -0.4 is 4.74 Å².